The second-order valence-electron chi connectivity index (χ2n) is 9.72. The van der Waals surface area contributed by atoms with Crippen LogP contribution in [0.2, 0.25) is 0 Å². The maximum atomic E-state index is 13.1. The molecule has 3 fully saturated rings. The molecule has 4 amide bonds. The van der Waals surface area contributed by atoms with Gasteiger partial charge >= 0.3 is 0 Å². The fourth-order valence-corrected chi connectivity index (χ4v) is 5.68. The number of amides is 4. The molecule has 2 N–H and O–H groups in total. The van der Waals surface area contributed by atoms with E-state index in [1.165, 1.54) is 0 Å². The van der Waals surface area contributed by atoms with Crippen molar-refractivity contribution in [2.24, 2.45) is 0 Å². The highest BCUT2D eigenvalue weighted by atomic mass is 16.5. The summed E-state index contributed by atoms with van der Waals surface area (Å²) >= 11 is 0. The number of hydrogen-bond donors (Lipinski definition) is 2. The summed E-state index contributed by atoms with van der Waals surface area (Å²) in [7, 11) is 0. The van der Waals surface area contributed by atoms with Gasteiger partial charge in [0.05, 0.1) is 29.0 Å². The Morgan fingerprint density at radius 1 is 1.03 bits per heavy atom. The number of fused-ring (bicyclic) bond motifs is 1. The molecule has 0 aliphatic carbocycles. The van der Waals surface area contributed by atoms with E-state index in [2.05, 4.69) is 20.9 Å². The largest absolute Gasteiger partial charge is 0.375 e. The van der Waals surface area contributed by atoms with E-state index in [1.54, 1.807) is 18.2 Å². The molecule has 1 aromatic carbocycles. The van der Waals surface area contributed by atoms with Crippen LogP contribution in [0.4, 0.5) is 0 Å². The van der Waals surface area contributed by atoms with Gasteiger partial charge in [0.25, 0.3) is 11.8 Å². The lowest BCUT2D eigenvalue weighted by Gasteiger charge is -2.43. The van der Waals surface area contributed by atoms with Gasteiger partial charge in [-0.25, -0.2) is 4.68 Å². The van der Waals surface area contributed by atoms with Gasteiger partial charge in [0.1, 0.15) is 11.7 Å². The Labute approximate surface area is 201 Å². The molecule has 1 spiro atoms. The van der Waals surface area contributed by atoms with Crippen molar-refractivity contribution in [1.29, 1.82) is 0 Å². The van der Waals surface area contributed by atoms with Gasteiger partial charge in [0, 0.05) is 18.6 Å². The summed E-state index contributed by atoms with van der Waals surface area (Å²) in [5.41, 5.74) is 1.64. The quantitative estimate of drug-likeness (QED) is 0.619. The van der Waals surface area contributed by atoms with Crippen molar-refractivity contribution in [2.75, 3.05) is 19.7 Å². The van der Waals surface area contributed by atoms with Crippen LogP contribution in [0.1, 0.15) is 65.3 Å². The summed E-state index contributed by atoms with van der Waals surface area (Å²) in [6.07, 6.45) is 5.80. The average Bonchev–Trinajstić information content (AvgIpc) is 3.44. The van der Waals surface area contributed by atoms with Crippen LogP contribution in [0.15, 0.2) is 24.4 Å². The SMILES string of the molecule is O=C1CCC(N2C(=O)c3ccc(-c4cn(C5CCOC6(CCNCC6)C5)nn4)cc3C2=O)C(=O)N1. The molecule has 0 radical (unpaired) electrons. The normalized spacial score (nSPS) is 26.2. The molecule has 6 rings (SSSR count). The molecule has 1 aromatic heterocycles. The lowest BCUT2D eigenvalue weighted by atomic mass is 9.83. The molecule has 0 bridgehead atoms. The summed E-state index contributed by atoms with van der Waals surface area (Å²) in [6.45, 7) is 2.59. The molecule has 182 valence electrons. The van der Waals surface area contributed by atoms with Gasteiger partial charge in [0.15, 0.2) is 0 Å². The van der Waals surface area contributed by atoms with Crippen LogP contribution in [-0.4, -0.2) is 74.9 Å². The zero-order valence-corrected chi connectivity index (χ0v) is 19.2. The minimum atomic E-state index is -0.986. The van der Waals surface area contributed by atoms with E-state index in [-0.39, 0.29) is 35.6 Å². The molecule has 4 aliphatic heterocycles. The minimum Gasteiger partial charge on any atom is -0.375 e. The van der Waals surface area contributed by atoms with Crippen LogP contribution in [0.25, 0.3) is 11.3 Å². The van der Waals surface area contributed by atoms with Gasteiger partial charge in [-0.15, -0.1) is 5.10 Å². The number of ether oxygens (including phenoxy) is 1. The van der Waals surface area contributed by atoms with Crippen molar-refractivity contribution in [3.63, 3.8) is 0 Å². The molecular formula is C24H26N6O5. The Balaban J connectivity index is 1.23. The fraction of sp³-hybridized carbons (Fsp3) is 0.500. The molecule has 2 atom stereocenters. The van der Waals surface area contributed by atoms with E-state index in [9.17, 15) is 19.2 Å². The first-order valence-electron chi connectivity index (χ1n) is 12.1. The van der Waals surface area contributed by atoms with Crippen molar-refractivity contribution in [3.8, 4) is 11.3 Å². The zero-order chi connectivity index (χ0) is 24.2. The second kappa shape index (κ2) is 8.35. The van der Waals surface area contributed by atoms with Gasteiger partial charge in [-0.3, -0.25) is 29.4 Å². The van der Waals surface area contributed by atoms with E-state index in [0.29, 0.717) is 17.9 Å². The third-order valence-electron chi connectivity index (χ3n) is 7.60. The first kappa shape index (κ1) is 22.1. The highest BCUT2D eigenvalue weighted by Gasteiger charge is 2.45. The van der Waals surface area contributed by atoms with Gasteiger partial charge in [-0.05, 0) is 57.3 Å². The lowest BCUT2D eigenvalue weighted by molar-refractivity contribution is -0.136. The van der Waals surface area contributed by atoms with E-state index in [4.69, 9.17) is 4.74 Å². The summed E-state index contributed by atoms with van der Waals surface area (Å²) in [6, 6.07) is 4.16. The van der Waals surface area contributed by atoms with Gasteiger partial charge in [-0.1, -0.05) is 11.3 Å². The van der Waals surface area contributed by atoms with E-state index < -0.39 is 29.7 Å². The lowest BCUT2D eigenvalue weighted by Crippen LogP contribution is -2.54. The van der Waals surface area contributed by atoms with Crippen LogP contribution < -0.4 is 10.6 Å². The fourth-order valence-electron chi connectivity index (χ4n) is 5.68. The molecule has 3 saturated heterocycles. The third-order valence-corrected chi connectivity index (χ3v) is 7.60. The van der Waals surface area contributed by atoms with Gasteiger partial charge < -0.3 is 10.1 Å². The first-order valence-corrected chi connectivity index (χ1v) is 12.1. The number of nitrogens with one attached hydrogen (secondary N) is 2. The Bertz CT molecular complexity index is 1230. The number of aromatic nitrogens is 3. The van der Waals surface area contributed by atoms with Gasteiger partial charge in [-0.2, -0.15) is 0 Å². The summed E-state index contributed by atoms with van der Waals surface area (Å²) < 4.78 is 8.06. The van der Waals surface area contributed by atoms with Crippen LogP contribution in [0.3, 0.4) is 0 Å². The molecule has 35 heavy (non-hydrogen) atoms. The Kier molecular flexibility index (Phi) is 5.26. The number of carbonyl (C=O) groups excluding carboxylic acids is 4. The Morgan fingerprint density at radius 2 is 1.83 bits per heavy atom. The second-order valence-corrected chi connectivity index (χ2v) is 9.72. The minimum absolute atomic E-state index is 0.0855. The zero-order valence-electron chi connectivity index (χ0n) is 19.2. The highest BCUT2D eigenvalue weighted by Crippen LogP contribution is 2.38. The van der Waals surface area contributed by atoms with E-state index in [1.807, 2.05) is 10.9 Å². The predicted octanol–water partition coefficient (Wildman–Crippen LogP) is 0.820. The standard InChI is InChI=1S/C24H26N6O5/c31-20-4-3-19(21(32)26-20)30-22(33)16-2-1-14(11-17(16)23(30)34)18-13-29(28-27-18)15-5-10-35-24(12-15)6-8-25-9-7-24/h1-2,11,13,15,19,25H,3-10,12H2,(H,26,31,32). The summed E-state index contributed by atoms with van der Waals surface area (Å²) in [5, 5.41) is 14.3. The monoisotopic (exact) mass is 478 g/mol. The molecule has 11 nitrogen and oxygen atoms in total. The molecule has 2 aromatic rings. The average molecular weight is 479 g/mol. The van der Waals surface area contributed by atoms with Crippen molar-refractivity contribution in [2.45, 2.75) is 56.2 Å². The van der Waals surface area contributed by atoms with Crippen LogP contribution in [0.5, 0.6) is 0 Å². The number of piperidine rings is 2. The summed E-state index contributed by atoms with van der Waals surface area (Å²) in [4.78, 5) is 50.8. The highest BCUT2D eigenvalue weighted by molar-refractivity contribution is 6.23. The Hall–Kier alpha value is -3.44. The van der Waals surface area contributed by atoms with E-state index in [0.717, 1.165) is 43.7 Å². The number of benzene rings is 1. The van der Waals surface area contributed by atoms with Crippen molar-refractivity contribution >= 4 is 23.6 Å². The number of hydrogen-bond acceptors (Lipinski definition) is 8. The number of nitrogens with zero attached hydrogens (tertiary/aromatic N) is 4. The Morgan fingerprint density at radius 3 is 2.63 bits per heavy atom. The van der Waals surface area contributed by atoms with Crippen LogP contribution in [-0.2, 0) is 14.3 Å². The number of rotatable bonds is 3. The summed E-state index contributed by atoms with van der Waals surface area (Å²) in [5.74, 6) is -2.08. The topological polar surface area (TPSA) is 136 Å². The maximum absolute atomic E-state index is 13.1. The van der Waals surface area contributed by atoms with Crippen molar-refractivity contribution in [1.82, 2.24) is 30.5 Å². The van der Waals surface area contributed by atoms with Crippen LogP contribution >= 0.6 is 0 Å². The molecule has 5 heterocycles. The molecule has 2 unspecified atom stereocenters. The molecule has 0 saturated carbocycles. The van der Waals surface area contributed by atoms with E-state index >= 15 is 0 Å². The maximum Gasteiger partial charge on any atom is 0.262 e. The molecular weight excluding hydrogens is 452 g/mol. The van der Waals surface area contributed by atoms with Crippen LogP contribution in [0, 0.1) is 0 Å². The number of imide groups is 2. The number of carbonyl (C=O) groups is 4. The third kappa shape index (κ3) is 3.75. The molecule has 11 heteroatoms. The van der Waals surface area contributed by atoms with Crippen molar-refractivity contribution in [3.05, 3.63) is 35.5 Å². The van der Waals surface area contributed by atoms with Crippen molar-refractivity contribution < 1.29 is 23.9 Å². The molecule has 4 aliphatic rings. The van der Waals surface area contributed by atoms with Gasteiger partial charge in [0.2, 0.25) is 11.8 Å². The smallest absolute Gasteiger partial charge is 0.262 e. The predicted molar refractivity (Wildman–Crippen MR) is 121 cm³/mol. The first-order chi connectivity index (χ1) is 16.9.